The van der Waals surface area contributed by atoms with E-state index in [1.807, 2.05) is 60.0 Å². The van der Waals surface area contributed by atoms with Crippen molar-refractivity contribution < 1.29 is 9.21 Å². The van der Waals surface area contributed by atoms with Crippen LogP contribution in [0.1, 0.15) is 42.3 Å². The third-order valence-corrected chi connectivity index (χ3v) is 6.13. The first-order valence-electron chi connectivity index (χ1n) is 10.1. The van der Waals surface area contributed by atoms with Gasteiger partial charge in [-0.05, 0) is 31.2 Å². The molecule has 0 fully saturated rings. The Hall–Kier alpha value is -2.96. The molecule has 5 nitrogen and oxygen atoms in total. The molecule has 6 heteroatoms. The molecule has 0 aliphatic heterocycles. The van der Waals surface area contributed by atoms with Gasteiger partial charge in [0, 0.05) is 17.0 Å². The lowest BCUT2D eigenvalue weighted by molar-refractivity contribution is -0.123. The summed E-state index contributed by atoms with van der Waals surface area (Å²) in [5, 5.41) is 7.05. The highest BCUT2D eigenvalue weighted by molar-refractivity contribution is 7.09. The first-order chi connectivity index (χ1) is 14.7. The van der Waals surface area contributed by atoms with Crippen molar-refractivity contribution in [1.29, 1.82) is 0 Å². The average molecular weight is 420 g/mol. The van der Waals surface area contributed by atoms with E-state index in [0.29, 0.717) is 0 Å². The van der Waals surface area contributed by atoms with Crippen LogP contribution in [0.4, 0.5) is 0 Å². The monoisotopic (exact) mass is 419 g/mol. The van der Waals surface area contributed by atoms with E-state index in [9.17, 15) is 4.79 Å². The number of fused-ring (bicyclic) bond motifs is 1. The van der Waals surface area contributed by atoms with E-state index in [2.05, 4.69) is 35.1 Å². The third kappa shape index (κ3) is 4.45. The molecule has 0 bridgehead atoms. The standard InChI is InChI=1S/C24H25N3O2S/c1-3-27(17(2)21-15-19-11-7-8-12-20(19)29-21)16-22(28)26-23(24-25-13-14-30-24)18-9-5-4-6-10-18/h4-15,17,23H,3,16H2,1-2H3,(H,26,28). The van der Waals surface area contributed by atoms with Crippen LogP contribution in [0.5, 0.6) is 0 Å². The van der Waals surface area contributed by atoms with Gasteiger partial charge >= 0.3 is 0 Å². The number of hydrogen-bond acceptors (Lipinski definition) is 5. The summed E-state index contributed by atoms with van der Waals surface area (Å²) in [6, 6.07) is 19.7. The highest BCUT2D eigenvalue weighted by atomic mass is 32.1. The zero-order chi connectivity index (χ0) is 20.9. The maximum absolute atomic E-state index is 13.0. The van der Waals surface area contributed by atoms with Crippen LogP contribution in [0.2, 0.25) is 0 Å². The normalized spacial score (nSPS) is 13.4. The molecule has 0 aliphatic rings. The van der Waals surface area contributed by atoms with E-state index in [1.54, 1.807) is 17.5 Å². The second kappa shape index (κ2) is 9.24. The molecule has 2 aromatic heterocycles. The highest BCUT2D eigenvalue weighted by Crippen LogP contribution is 2.28. The van der Waals surface area contributed by atoms with Crippen LogP contribution in [0.15, 0.2) is 76.7 Å². The molecule has 2 heterocycles. The lowest BCUT2D eigenvalue weighted by atomic mass is 10.1. The van der Waals surface area contributed by atoms with E-state index in [4.69, 9.17) is 4.42 Å². The molecule has 4 aromatic rings. The number of likely N-dealkylation sites (N-methyl/N-ethyl adjacent to an activating group) is 1. The fraction of sp³-hybridized carbons (Fsp3) is 0.250. The highest BCUT2D eigenvalue weighted by Gasteiger charge is 2.24. The van der Waals surface area contributed by atoms with Gasteiger partial charge in [-0.15, -0.1) is 11.3 Å². The number of thiazole rings is 1. The molecular weight excluding hydrogens is 394 g/mol. The van der Waals surface area contributed by atoms with Crippen molar-refractivity contribution in [1.82, 2.24) is 15.2 Å². The van der Waals surface area contributed by atoms with E-state index >= 15 is 0 Å². The topological polar surface area (TPSA) is 58.4 Å². The number of carbonyl (C=O) groups is 1. The number of aromatic nitrogens is 1. The van der Waals surface area contributed by atoms with Crippen molar-refractivity contribution in [3.63, 3.8) is 0 Å². The summed E-state index contributed by atoms with van der Waals surface area (Å²) in [5.74, 6) is 0.828. The Morgan fingerprint density at radius 3 is 2.63 bits per heavy atom. The molecule has 0 saturated heterocycles. The molecule has 4 rings (SSSR count). The second-order valence-corrected chi connectivity index (χ2v) is 8.13. The number of hydrogen-bond donors (Lipinski definition) is 1. The zero-order valence-electron chi connectivity index (χ0n) is 17.1. The fourth-order valence-corrected chi connectivity index (χ4v) is 4.33. The van der Waals surface area contributed by atoms with Crippen LogP contribution >= 0.6 is 11.3 Å². The molecule has 0 aliphatic carbocycles. The summed E-state index contributed by atoms with van der Waals surface area (Å²) >= 11 is 1.54. The quantitative estimate of drug-likeness (QED) is 0.428. The number of benzene rings is 2. The van der Waals surface area contributed by atoms with Gasteiger partial charge in [-0.25, -0.2) is 4.98 Å². The number of nitrogens with one attached hydrogen (secondary N) is 1. The number of carbonyl (C=O) groups excluding carboxylic acids is 1. The van der Waals surface area contributed by atoms with Crippen molar-refractivity contribution in [2.75, 3.05) is 13.1 Å². The minimum atomic E-state index is -0.251. The second-order valence-electron chi connectivity index (χ2n) is 7.21. The molecule has 1 amide bonds. The van der Waals surface area contributed by atoms with Gasteiger partial charge in [0.05, 0.1) is 12.6 Å². The summed E-state index contributed by atoms with van der Waals surface area (Å²) in [6.07, 6.45) is 1.77. The predicted molar refractivity (Wildman–Crippen MR) is 120 cm³/mol. The van der Waals surface area contributed by atoms with Crippen LogP contribution in [0.3, 0.4) is 0 Å². The third-order valence-electron chi connectivity index (χ3n) is 5.29. The average Bonchev–Trinajstić information content (AvgIpc) is 3.46. The predicted octanol–water partition coefficient (Wildman–Crippen LogP) is 5.18. The molecule has 30 heavy (non-hydrogen) atoms. The molecule has 2 aromatic carbocycles. The number of rotatable bonds is 8. The Labute approximate surface area is 180 Å². The Kier molecular flexibility index (Phi) is 6.26. The number of amides is 1. The number of nitrogens with zero attached hydrogens (tertiary/aromatic N) is 2. The summed E-state index contributed by atoms with van der Waals surface area (Å²) in [4.78, 5) is 19.5. The molecule has 2 unspecified atom stereocenters. The smallest absolute Gasteiger partial charge is 0.235 e. The van der Waals surface area contributed by atoms with Crippen molar-refractivity contribution in [3.05, 3.63) is 88.6 Å². The van der Waals surface area contributed by atoms with E-state index in [0.717, 1.165) is 33.8 Å². The molecule has 154 valence electrons. The number of para-hydroxylation sites is 1. The lowest BCUT2D eigenvalue weighted by Crippen LogP contribution is -2.40. The summed E-state index contributed by atoms with van der Waals surface area (Å²) < 4.78 is 6.02. The van der Waals surface area contributed by atoms with Gasteiger partial charge in [0.15, 0.2) is 0 Å². The Morgan fingerprint density at radius 2 is 1.93 bits per heavy atom. The maximum atomic E-state index is 13.0. The van der Waals surface area contributed by atoms with Crippen LogP contribution in [0.25, 0.3) is 11.0 Å². The van der Waals surface area contributed by atoms with E-state index in [1.165, 1.54) is 0 Å². The van der Waals surface area contributed by atoms with Gasteiger partial charge in [-0.3, -0.25) is 9.69 Å². The van der Waals surface area contributed by atoms with Gasteiger partial charge < -0.3 is 9.73 Å². The Balaban J connectivity index is 1.49. The Bertz CT molecular complexity index is 1060. The fourth-order valence-electron chi connectivity index (χ4n) is 3.61. The van der Waals surface area contributed by atoms with Crippen molar-refractivity contribution in [2.24, 2.45) is 0 Å². The van der Waals surface area contributed by atoms with Gasteiger partial charge in [-0.1, -0.05) is 55.5 Å². The largest absolute Gasteiger partial charge is 0.459 e. The zero-order valence-corrected chi connectivity index (χ0v) is 17.9. The lowest BCUT2D eigenvalue weighted by Gasteiger charge is -2.27. The van der Waals surface area contributed by atoms with Crippen molar-refractivity contribution in [2.45, 2.75) is 25.9 Å². The van der Waals surface area contributed by atoms with Crippen molar-refractivity contribution >= 4 is 28.2 Å². The first kappa shape index (κ1) is 20.3. The van der Waals surface area contributed by atoms with Gasteiger partial charge in [0.1, 0.15) is 22.4 Å². The Morgan fingerprint density at radius 1 is 1.17 bits per heavy atom. The number of furan rings is 1. The van der Waals surface area contributed by atoms with Crippen LogP contribution < -0.4 is 5.32 Å². The summed E-state index contributed by atoms with van der Waals surface area (Å²) in [6.45, 7) is 5.15. The van der Waals surface area contributed by atoms with Crippen LogP contribution in [0, 0.1) is 0 Å². The van der Waals surface area contributed by atoms with Gasteiger partial charge in [-0.2, -0.15) is 0 Å². The van der Waals surface area contributed by atoms with Crippen molar-refractivity contribution in [3.8, 4) is 0 Å². The first-order valence-corrected chi connectivity index (χ1v) is 11.0. The molecule has 1 N–H and O–H groups in total. The summed E-state index contributed by atoms with van der Waals surface area (Å²) in [7, 11) is 0. The molecule has 2 atom stereocenters. The minimum absolute atomic E-state index is 0.0109. The molecular formula is C24H25N3O2S. The SMILES string of the molecule is CCN(CC(=O)NC(c1ccccc1)c1nccs1)C(C)c1cc2ccccc2o1. The maximum Gasteiger partial charge on any atom is 0.235 e. The van der Waals surface area contributed by atoms with E-state index in [-0.39, 0.29) is 24.5 Å². The van der Waals surface area contributed by atoms with Gasteiger partial charge in [0.25, 0.3) is 0 Å². The minimum Gasteiger partial charge on any atom is -0.459 e. The van der Waals surface area contributed by atoms with E-state index < -0.39 is 0 Å². The summed E-state index contributed by atoms with van der Waals surface area (Å²) in [5.41, 5.74) is 1.89. The van der Waals surface area contributed by atoms with Gasteiger partial charge in [0.2, 0.25) is 5.91 Å². The molecule has 0 spiro atoms. The molecule has 0 radical (unpaired) electrons. The van der Waals surface area contributed by atoms with Crippen LogP contribution in [-0.4, -0.2) is 28.9 Å². The molecule has 0 saturated carbocycles. The van der Waals surface area contributed by atoms with Crippen LogP contribution in [-0.2, 0) is 4.79 Å².